The highest BCUT2D eigenvalue weighted by Gasteiger charge is 1.95. The summed E-state index contributed by atoms with van der Waals surface area (Å²) in [5.41, 5.74) is 7.26. The van der Waals surface area contributed by atoms with Crippen molar-refractivity contribution in [3.63, 3.8) is 0 Å². The van der Waals surface area contributed by atoms with Gasteiger partial charge in [0.05, 0.1) is 5.69 Å². The van der Waals surface area contributed by atoms with E-state index in [1.807, 2.05) is 24.4 Å². The number of nitrogens with one attached hydrogen (secondary N) is 1. The predicted molar refractivity (Wildman–Crippen MR) is 58.5 cm³/mol. The molecule has 0 atom stereocenters. The Hall–Kier alpha value is -0.770. The van der Waals surface area contributed by atoms with Crippen molar-refractivity contribution in [2.45, 2.75) is 6.54 Å². The Morgan fingerprint density at radius 2 is 2.00 bits per heavy atom. The van der Waals surface area contributed by atoms with Gasteiger partial charge in [-0.25, -0.2) is 4.98 Å². The lowest BCUT2D eigenvalue weighted by Crippen LogP contribution is -1.98. The van der Waals surface area contributed by atoms with Gasteiger partial charge in [-0.15, -0.1) is 24.8 Å². The van der Waals surface area contributed by atoms with Crippen molar-refractivity contribution in [3.8, 4) is 0 Å². The Kier molecular flexibility index (Phi) is 4.77. The number of aromatic amines is 1. The predicted octanol–water partition coefficient (Wildman–Crippen LogP) is 1.87. The van der Waals surface area contributed by atoms with Crippen LogP contribution in [0.5, 0.6) is 0 Å². The number of hydrogen-bond donors (Lipinski definition) is 2. The molecule has 2 heterocycles. The van der Waals surface area contributed by atoms with E-state index < -0.39 is 0 Å². The van der Waals surface area contributed by atoms with Crippen molar-refractivity contribution in [1.82, 2.24) is 9.97 Å². The van der Waals surface area contributed by atoms with Crippen LogP contribution < -0.4 is 5.73 Å². The number of hydrogen-bond acceptors (Lipinski definition) is 2. The number of rotatable bonds is 1. The van der Waals surface area contributed by atoms with E-state index in [0.29, 0.717) is 6.54 Å². The molecule has 0 saturated carbocycles. The molecule has 13 heavy (non-hydrogen) atoms. The van der Waals surface area contributed by atoms with E-state index in [1.54, 1.807) is 0 Å². The molecule has 5 heteroatoms. The van der Waals surface area contributed by atoms with Gasteiger partial charge in [-0.1, -0.05) is 0 Å². The molecule has 0 unspecified atom stereocenters. The Bertz CT molecular complexity index is 372. The summed E-state index contributed by atoms with van der Waals surface area (Å²) in [5.74, 6) is 0. The molecular formula is C8H11Cl2N3. The average molecular weight is 220 g/mol. The zero-order chi connectivity index (χ0) is 7.68. The monoisotopic (exact) mass is 219 g/mol. The number of pyridine rings is 1. The van der Waals surface area contributed by atoms with E-state index in [4.69, 9.17) is 5.73 Å². The first-order valence-electron chi connectivity index (χ1n) is 3.53. The lowest BCUT2D eigenvalue weighted by Gasteiger charge is -1.93. The molecule has 0 aromatic carbocycles. The van der Waals surface area contributed by atoms with Gasteiger partial charge in [0.25, 0.3) is 0 Å². The summed E-state index contributed by atoms with van der Waals surface area (Å²) >= 11 is 0. The smallest absolute Gasteiger partial charge is 0.137 e. The van der Waals surface area contributed by atoms with Gasteiger partial charge in [0.2, 0.25) is 0 Å². The normalized spacial score (nSPS) is 9.00. The fraction of sp³-hybridized carbons (Fsp3) is 0.125. The summed E-state index contributed by atoms with van der Waals surface area (Å²) in [6, 6.07) is 5.94. The standard InChI is InChI=1S/C8H9N3.2ClH/c9-5-7-2-1-6-3-4-10-8(6)11-7;;/h1-4H,5,9H2,(H,10,11);2*1H. The summed E-state index contributed by atoms with van der Waals surface area (Å²) in [6.45, 7) is 0.495. The maximum Gasteiger partial charge on any atom is 0.137 e. The topological polar surface area (TPSA) is 54.7 Å². The third kappa shape index (κ3) is 2.34. The number of H-pyrrole nitrogens is 1. The summed E-state index contributed by atoms with van der Waals surface area (Å²) in [7, 11) is 0. The minimum Gasteiger partial charge on any atom is -0.346 e. The lowest BCUT2D eigenvalue weighted by atomic mass is 10.3. The molecule has 72 valence electrons. The first-order chi connectivity index (χ1) is 5.40. The fourth-order valence-corrected chi connectivity index (χ4v) is 1.08. The SMILES string of the molecule is Cl.Cl.NCc1ccc2cc[nH]c2n1. The summed E-state index contributed by atoms with van der Waals surface area (Å²) in [5, 5.41) is 1.13. The van der Waals surface area contributed by atoms with Crippen molar-refractivity contribution < 1.29 is 0 Å². The summed E-state index contributed by atoms with van der Waals surface area (Å²) < 4.78 is 0. The van der Waals surface area contributed by atoms with Gasteiger partial charge in [-0.3, -0.25) is 0 Å². The second-order valence-corrected chi connectivity index (χ2v) is 2.42. The molecule has 0 bridgehead atoms. The third-order valence-electron chi connectivity index (χ3n) is 1.68. The molecule has 3 N–H and O–H groups in total. The first kappa shape index (κ1) is 12.2. The van der Waals surface area contributed by atoms with Crippen molar-refractivity contribution in [3.05, 3.63) is 30.1 Å². The van der Waals surface area contributed by atoms with Gasteiger partial charge in [0.15, 0.2) is 0 Å². The highest BCUT2D eigenvalue weighted by atomic mass is 35.5. The Morgan fingerprint density at radius 3 is 2.69 bits per heavy atom. The molecule has 0 fully saturated rings. The number of fused-ring (bicyclic) bond motifs is 1. The van der Waals surface area contributed by atoms with E-state index >= 15 is 0 Å². The molecule has 3 nitrogen and oxygen atoms in total. The number of nitrogens with zero attached hydrogens (tertiary/aromatic N) is 1. The zero-order valence-corrected chi connectivity index (χ0v) is 8.49. The number of halogens is 2. The Labute approximate surface area is 88.6 Å². The molecule has 2 aromatic heterocycles. The van der Waals surface area contributed by atoms with E-state index in [-0.39, 0.29) is 24.8 Å². The van der Waals surface area contributed by atoms with E-state index in [0.717, 1.165) is 16.7 Å². The van der Waals surface area contributed by atoms with Crippen LogP contribution in [0.25, 0.3) is 11.0 Å². The fourth-order valence-electron chi connectivity index (χ4n) is 1.08. The van der Waals surface area contributed by atoms with Gasteiger partial charge in [0.1, 0.15) is 5.65 Å². The van der Waals surface area contributed by atoms with Gasteiger partial charge in [0, 0.05) is 18.1 Å². The molecule has 0 aliphatic carbocycles. The quantitative estimate of drug-likeness (QED) is 0.770. The van der Waals surface area contributed by atoms with Crippen molar-refractivity contribution in [2.24, 2.45) is 5.73 Å². The van der Waals surface area contributed by atoms with Crippen LogP contribution in [0.2, 0.25) is 0 Å². The zero-order valence-electron chi connectivity index (χ0n) is 6.86. The maximum absolute atomic E-state index is 5.43. The van der Waals surface area contributed by atoms with E-state index in [1.165, 1.54) is 0 Å². The highest BCUT2D eigenvalue weighted by molar-refractivity contribution is 5.85. The summed E-state index contributed by atoms with van der Waals surface area (Å²) in [4.78, 5) is 7.30. The van der Waals surface area contributed by atoms with Crippen LogP contribution in [0.1, 0.15) is 5.69 Å². The number of aromatic nitrogens is 2. The van der Waals surface area contributed by atoms with Crippen molar-refractivity contribution in [2.75, 3.05) is 0 Å². The highest BCUT2D eigenvalue weighted by Crippen LogP contribution is 2.09. The summed E-state index contributed by atoms with van der Waals surface area (Å²) in [6.07, 6.45) is 1.87. The number of nitrogens with two attached hydrogens (primary N) is 1. The van der Waals surface area contributed by atoms with Gasteiger partial charge in [-0.05, 0) is 18.2 Å². The largest absolute Gasteiger partial charge is 0.346 e. The minimum atomic E-state index is 0. The minimum absolute atomic E-state index is 0. The van der Waals surface area contributed by atoms with Crippen LogP contribution in [0.3, 0.4) is 0 Å². The van der Waals surface area contributed by atoms with Crippen molar-refractivity contribution in [1.29, 1.82) is 0 Å². The van der Waals surface area contributed by atoms with Crippen LogP contribution >= 0.6 is 24.8 Å². The Balaban J connectivity index is 0.000000720. The first-order valence-corrected chi connectivity index (χ1v) is 3.53. The van der Waals surface area contributed by atoms with Gasteiger partial charge in [-0.2, -0.15) is 0 Å². The van der Waals surface area contributed by atoms with E-state index in [9.17, 15) is 0 Å². The molecular weight excluding hydrogens is 209 g/mol. The van der Waals surface area contributed by atoms with E-state index in [2.05, 4.69) is 9.97 Å². The van der Waals surface area contributed by atoms with Gasteiger partial charge >= 0.3 is 0 Å². The average Bonchev–Trinajstić information content (AvgIpc) is 2.50. The molecule has 0 spiro atoms. The van der Waals surface area contributed by atoms with Crippen LogP contribution in [0.4, 0.5) is 0 Å². The second-order valence-electron chi connectivity index (χ2n) is 2.42. The Morgan fingerprint density at radius 1 is 1.23 bits per heavy atom. The molecule has 0 aliphatic heterocycles. The lowest BCUT2D eigenvalue weighted by molar-refractivity contribution is 1.00. The van der Waals surface area contributed by atoms with Crippen molar-refractivity contribution >= 4 is 35.8 Å². The van der Waals surface area contributed by atoms with Crippen LogP contribution in [-0.2, 0) is 6.54 Å². The molecule has 0 amide bonds. The second kappa shape index (κ2) is 5.07. The molecule has 0 saturated heterocycles. The maximum atomic E-state index is 5.43. The van der Waals surface area contributed by atoms with Crippen LogP contribution in [0, 0.1) is 0 Å². The third-order valence-corrected chi connectivity index (χ3v) is 1.68. The molecule has 0 radical (unpaired) electrons. The van der Waals surface area contributed by atoms with Gasteiger partial charge < -0.3 is 10.7 Å². The van der Waals surface area contributed by atoms with Crippen LogP contribution in [-0.4, -0.2) is 9.97 Å². The van der Waals surface area contributed by atoms with Crippen LogP contribution in [0.15, 0.2) is 24.4 Å². The molecule has 2 rings (SSSR count). The molecule has 0 aliphatic rings. The molecule has 2 aromatic rings.